The molecule has 0 radical (unpaired) electrons. The van der Waals surface area contributed by atoms with Crippen molar-refractivity contribution in [2.75, 3.05) is 18.0 Å². The fourth-order valence-corrected chi connectivity index (χ4v) is 2.74. The van der Waals surface area contributed by atoms with Crippen molar-refractivity contribution in [2.45, 2.75) is 25.1 Å². The minimum absolute atomic E-state index is 0.133. The molecule has 0 unspecified atom stereocenters. The van der Waals surface area contributed by atoms with Gasteiger partial charge in [0.15, 0.2) is 11.5 Å². The van der Waals surface area contributed by atoms with Gasteiger partial charge in [-0.15, -0.1) is 10.2 Å². The van der Waals surface area contributed by atoms with E-state index in [-0.39, 0.29) is 17.5 Å². The van der Waals surface area contributed by atoms with Crippen molar-refractivity contribution in [2.24, 2.45) is 0 Å². The van der Waals surface area contributed by atoms with Crippen LogP contribution in [0, 0.1) is 11.3 Å². The third kappa shape index (κ3) is 3.99. The van der Waals surface area contributed by atoms with Crippen LogP contribution in [0.25, 0.3) is 0 Å². The van der Waals surface area contributed by atoms with Gasteiger partial charge < -0.3 is 9.64 Å². The van der Waals surface area contributed by atoms with Crippen LogP contribution in [0.4, 0.5) is 19.0 Å². The van der Waals surface area contributed by atoms with E-state index in [1.165, 1.54) is 18.2 Å². The molecule has 1 aromatic heterocycles. The number of rotatable bonds is 3. The van der Waals surface area contributed by atoms with Gasteiger partial charge in [-0.1, -0.05) is 12.1 Å². The highest BCUT2D eigenvalue weighted by molar-refractivity contribution is 5.40. The average molecular weight is 348 g/mol. The van der Waals surface area contributed by atoms with E-state index >= 15 is 0 Å². The molecule has 130 valence electrons. The number of benzene rings is 1. The number of nitrogens with zero attached hydrogens (tertiary/aromatic N) is 4. The molecule has 3 rings (SSSR count). The van der Waals surface area contributed by atoms with Gasteiger partial charge in [0.1, 0.15) is 17.9 Å². The van der Waals surface area contributed by atoms with Crippen LogP contribution in [0.3, 0.4) is 0 Å². The molecule has 2 heterocycles. The Bertz CT molecular complexity index is 763. The fraction of sp³-hybridized carbons (Fsp3) is 0.353. The van der Waals surface area contributed by atoms with E-state index in [9.17, 15) is 13.2 Å². The van der Waals surface area contributed by atoms with Crippen LogP contribution >= 0.6 is 0 Å². The van der Waals surface area contributed by atoms with Crippen molar-refractivity contribution in [3.8, 4) is 11.8 Å². The van der Waals surface area contributed by atoms with E-state index in [4.69, 9.17) is 10.00 Å². The highest BCUT2D eigenvalue weighted by atomic mass is 19.4. The molecule has 5 nitrogen and oxygen atoms in total. The summed E-state index contributed by atoms with van der Waals surface area (Å²) in [6.07, 6.45) is -3.57. The summed E-state index contributed by atoms with van der Waals surface area (Å²) in [4.78, 5) is 1.98. The van der Waals surface area contributed by atoms with Gasteiger partial charge >= 0.3 is 6.18 Å². The first-order valence-electron chi connectivity index (χ1n) is 7.79. The molecule has 0 spiro atoms. The van der Waals surface area contributed by atoms with Crippen molar-refractivity contribution in [1.29, 1.82) is 5.26 Å². The number of halogens is 3. The maximum Gasteiger partial charge on any atom is 0.419 e. The molecule has 1 saturated heterocycles. The number of hydrogen-bond donors (Lipinski definition) is 0. The van der Waals surface area contributed by atoms with Crippen molar-refractivity contribution in [1.82, 2.24) is 10.2 Å². The zero-order valence-corrected chi connectivity index (χ0v) is 13.2. The topological polar surface area (TPSA) is 62.0 Å². The minimum Gasteiger partial charge on any atom is -0.490 e. The summed E-state index contributed by atoms with van der Waals surface area (Å²) in [5.74, 6) is 0.514. The van der Waals surface area contributed by atoms with Crippen LogP contribution in [-0.4, -0.2) is 29.4 Å². The molecule has 2 aromatic rings. The molecule has 25 heavy (non-hydrogen) atoms. The summed E-state index contributed by atoms with van der Waals surface area (Å²) in [5, 5.41) is 16.5. The third-order valence-electron chi connectivity index (χ3n) is 4.02. The third-order valence-corrected chi connectivity index (χ3v) is 4.02. The summed E-state index contributed by atoms with van der Waals surface area (Å²) in [7, 11) is 0. The van der Waals surface area contributed by atoms with E-state index in [2.05, 4.69) is 10.2 Å². The van der Waals surface area contributed by atoms with Crippen LogP contribution in [-0.2, 0) is 6.18 Å². The van der Waals surface area contributed by atoms with E-state index in [0.29, 0.717) is 31.7 Å². The Morgan fingerprint density at radius 3 is 2.40 bits per heavy atom. The highest BCUT2D eigenvalue weighted by Crippen LogP contribution is 2.37. The van der Waals surface area contributed by atoms with Gasteiger partial charge in [-0.05, 0) is 24.3 Å². The number of nitriles is 1. The summed E-state index contributed by atoms with van der Waals surface area (Å²) >= 11 is 0. The first-order valence-corrected chi connectivity index (χ1v) is 7.79. The number of anilines is 1. The van der Waals surface area contributed by atoms with Gasteiger partial charge in [0.25, 0.3) is 0 Å². The van der Waals surface area contributed by atoms with Gasteiger partial charge in [0.2, 0.25) is 0 Å². The molecule has 0 atom stereocenters. The summed E-state index contributed by atoms with van der Waals surface area (Å²) in [6, 6.07) is 10.5. The molecular weight excluding hydrogens is 333 g/mol. The van der Waals surface area contributed by atoms with Gasteiger partial charge in [-0.2, -0.15) is 18.4 Å². The van der Waals surface area contributed by atoms with Crippen LogP contribution in [0.5, 0.6) is 5.75 Å². The molecule has 1 aliphatic rings. The molecule has 0 saturated carbocycles. The molecule has 1 fully saturated rings. The Kier molecular flexibility index (Phi) is 4.74. The molecule has 0 aliphatic carbocycles. The first kappa shape index (κ1) is 17.0. The molecule has 0 amide bonds. The Balaban J connectivity index is 1.63. The number of aromatic nitrogens is 2. The lowest BCUT2D eigenvalue weighted by Gasteiger charge is -2.33. The van der Waals surface area contributed by atoms with E-state index < -0.39 is 11.7 Å². The molecule has 1 aromatic carbocycles. The second kappa shape index (κ2) is 6.97. The number of piperidine rings is 1. The van der Waals surface area contributed by atoms with Crippen molar-refractivity contribution >= 4 is 5.82 Å². The normalized spacial score (nSPS) is 15.7. The smallest absolute Gasteiger partial charge is 0.419 e. The summed E-state index contributed by atoms with van der Waals surface area (Å²) in [6.45, 7) is 1.19. The number of alkyl halides is 3. The molecule has 0 N–H and O–H groups in total. The van der Waals surface area contributed by atoms with E-state index in [0.717, 1.165) is 6.07 Å². The summed E-state index contributed by atoms with van der Waals surface area (Å²) < 4.78 is 44.7. The Labute approximate surface area is 142 Å². The first-order chi connectivity index (χ1) is 12.0. The largest absolute Gasteiger partial charge is 0.490 e. The van der Waals surface area contributed by atoms with Gasteiger partial charge in [0.05, 0.1) is 5.56 Å². The second-order valence-electron chi connectivity index (χ2n) is 5.69. The lowest BCUT2D eigenvalue weighted by Crippen LogP contribution is -2.39. The van der Waals surface area contributed by atoms with Crippen LogP contribution in [0.15, 0.2) is 36.4 Å². The average Bonchev–Trinajstić information content (AvgIpc) is 2.62. The predicted octanol–water partition coefficient (Wildman–Crippen LogP) is 3.41. The lowest BCUT2D eigenvalue weighted by atomic mass is 10.1. The SMILES string of the molecule is N#Cc1ccc(N2CCC(Oc3ccccc3C(F)(F)F)CC2)nn1. The molecular formula is C17H15F3N4O. The van der Waals surface area contributed by atoms with Crippen LogP contribution in [0.2, 0.25) is 0 Å². The van der Waals surface area contributed by atoms with Gasteiger partial charge in [-0.3, -0.25) is 0 Å². The Morgan fingerprint density at radius 2 is 1.80 bits per heavy atom. The molecule has 0 bridgehead atoms. The molecule has 8 heteroatoms. The van der Waals surface area contributed by atoms with Crippen LogP contribution < -0.4 is 9.64 Å². The highest BCUT2D eigenvalue weighted by Gasteiger charge is 2.35. The zero-order valence-electron chi connectivity index (χ0n) is 13.2. The van der Waals surface area contributed by atoms with E-state index in [1.807, 2.05) is 11.0 Å². The Morgan fingerprint density at radius 1 is 1.08 bits per heavy atom. The maximum absolute atomic E-state index is 13.0. The van der Waals surface area contributed by atoms with Crippen molar-refractivity contribution in [3.05, 3.63) is 47.7 Å². The number of ether oxygens (including phenoxy) is 1. The van der Waals surface area contributed by atoms with Crippen molar-refractivity contribution in [3.63, 3.8) is 0 Å². The number of hydrogen-bond acceptors (Lipinski definition) is 5. The lowest BCUT2D eigenvalue weighted by molar-refractivity contribution is -0.139. The predicted molar refractivity (Wildman–Crippen MR) is 84.1 cm³/mol. The number of para-hydroxylation sites is 1. The van der Waals surface area contributed by atoms with E-state index in [1.54, 1.807) is 12.1 Å². The van der Waals surface area contributed by atoms with Crippen molar-refractivity contribution < 1.29 is 17.9 Å². The van der Waals surface area contributed by atoms with Gasteiger partial charge in [0, 0.05) is 25.9 Å². The van der Waals surface area contributed by atoms with Crippen LogP contribution in [0.1, 0.15) is 24.1 Å². The monoisotopic (exact) mass is 348 g/mol. The fourth-order valence-electron chi connectivity index (χ4n) is 2.74. The zero-order chi connectivity index (χ0) is 17.9. The molecule has 1 aliphatic heterocycles. The van der Waals surface area contributed by atoms with Gasteiger partial charge in [-0.25, -0.2) is 0 Å². The Hall–Kier alpha value is -2.82. The standard InChI is InChI=1S/C17H15F3N4O/c18-17(19,20)14-3-1-2-4-15(14)25-13-7-9-24(10-8-13)16-6-5-12(11-21)22-23-16/h1-6,13H,7-10H2. The summed E-state index contributed by atoms with van der Waals surface area (Å²) in [5.41, 5.74) is -0.513. The maximum atomic E-state index is 13.0. The quantitative estimate of drug-likeness (QED) is 0.851. The second-order valence-corrected chi connectivity index (χ2v) is 5.69. The minimum atomic E-state index is -4.44.